The van der Waals surface area contributed by atoms with Crippen molar-refractivity contribution in [3.63, 3.8) is 0 Å². The summed E-state index contributed by atoms with van der Waals surface area (Å²) in [7, 11) is 2.31. The van der Waals surface area contributed by atoms with Crippen LogP contribution in [0.2, 0.25) is 0 Å². The van der Waals surface area contributed by atoms with Crippen molar-refractivity contribution >= 4 is 29.4 Å². The van der Waals surface area contributed by atoms with Gasteiger partial charge < -0.3 is 15.2 Å². The van der Waals surface area contributed by atoms with Gasteiger partial charge in [-0.05, 0) is 42.0 Å². The van der Waals surface area contributed by atoms with Crippen LogP contribution in [0.25, 0.3) is 0 Å². The quantitative estimate of drug-likeness (QED) is 0.404. The molecule has 1 aliphatic heterocycles. The molecule has 40 heavy (non-hydrogen) atoms. The van der Waals surface area contributed by atoms with E-state index in [1.165, 1.54) is 11.0 Å². The number of rotatable bonds is 6. The van der Waals surface area contributed by atoms with E-state index < -0.39 is 29.6 Å². The average molecular weight is 567 g/mol. The molecular formula is C28H21F3N4O4S. The number of anilines is 1. The van der Waals surface area contributed by atoms with Crippen LogP contribution in [0, 0.1) is 11.3 Å². The van der Waals surface area contributed by atoms with Crippen molar-refractivity contribution < 1.29 is 32.2 Å². The molecule has 0 amide bonds. The largest absolute Gasteiger partial charge is 0.466 e. The minimum atomic E-state index is -4.49. The third-order valence-corrected chi connectivity index (χ3v) is 6.95. The minimum absolute atomic E-state index is 0.0201. The van der Waals surface area contributed by atoms with Gasteiger partial charge in [0, 0.05) is 16.8 Å². The first kappa shape index (κ1) is 28.3. The number of halogens is 3. The zero-order valence-corrected chi connectivity index (χ0v) is 21.9. The van der Waals surface area contributed by atoms with Crippen LogP contribution in [0.3, 0.4) is 0 Å². The minimum Gasteiger partial charge on any atom is -0.466 e. The number of nitrogens with two attached hydrogens (primary N) is 1. The topological polar surface area (TPSA) is 119 Å². The lowest BCUT2D eigenvalue weighted by Gasteiger charge is -2.35. The maximum absolute atomic E-state index is 13.1. The molecule has 1 unspecified atom stereocenters. The van der Waals surface area contributed by atoms with Gasteiger partial charge in [0.1, 0.15) is 16.5 Å². The number of nitriles is 1. The molecule has 8 nitrogen and oxygen atoms in total. The predicted octanol–water partition coefficient (Wildman–Crippen LogP) is 5.15. The Kier molecular flexibility index (Phi) is 8.16. The molecule has 1 aromatic heterocycles. The number of aromatic nitrogens is 1. The van der Waals surface area contributed by atoms with Gasteiger partial charge in [-0.1, -0.05) is 42.1 Å². The number of ether oxygens (including phenoxy) is 2. The lowest BCUT2D eigenvalue weighted by molar-refractivity contribution is -0.139. The smallest absolute Gasteiger partial charge is 0.417 e. The highest BCUT2D eigenvalue weighted by Gasteiger charge is 2.43. The van der Waals surface area contributed by atoms with E-state index in [1.807, 2.05) is 0 Å². The Bertz CT molecular complexity index is 1530. The summed E-state index contributed by atoms with van der Waals surface area (Å²) in [6.45, 7) is 0. The van der Waals surface area contributed by atoms with Gasteiger partial charge in [-0.15, -0.1) is 0 Å². The number of esters is 2. The molecule has 2 N–H and O–H groups in total. The molecule has 0 fully saturated rings. The second kappa shape index (κ2) is 11.5. The van der Waals surface area contributed by atoms with Crippen LogP contribution in [0.5, 0.6) is 0 Å². The summed E-state index contributed by atoms with van der Waals surface area (Å²) in [6, 6.07) is 19.3. The first-order valence-electron chi connectivity index (χ1n) is 11.6. The maximum Gasteiger partial charge on any atom is 0.417 e. The van der Waals surface area contributed by atoms with E-state index in [0.29, 0.717) is 21.2 Å². The van der Waals surface area contributed by atoms with Crippen LogP contribution < -0.4 is 10.6 Å². The molecule has 0 bridgehead atoms. The van der Waals surface area contributed by atoms with Gasteiger partial charge in [0.2, 0.25) is 0 Å². The van der Waals surface area contributed by atoms with Crippen molar-refractivity contribution in [1.29, 1.82) is 5.26 Å². The Morgan fingerprint density at radius 3 is 2.17 bits per heavy atom. The second-order valence-electron chi connectivity index (χ2n) is 8.31. The number of carbonyl (C=O) groups is 2. The summed E-state index contributed by atoms with van der Waals surface area (Å²) < 4.78 is 48.5. The van der Waals surface area contributed by atoms with Crippen molar-refractivity contribution in [2.75, 3.05) is 19.1 Å². The first-order chi connectivity index (χ1) is 19.1. The van der Waals surface area contributed by atoms with Gasteiger partial charge in [0.15, 0.2) is 0 Å². The fourth-order valence-electron chi connectivity index (χ4n) is 4.17. The third-order valence-electron chi connectivity index (χ3n) is 5.99. The Labute approximate surface area is 231 Å². The molecule has 2 aromatic carbocycles. The molecule has 0 aliphatic carbocycles. The zero-order chi connectivity index (χ0) is 29.0. The molecule has 12 heteroatoms. The summed E-state index contributed by atoms with van der Waals surface area (Å²) >= 11 is 1.12. The number of carbonyl (C=O) groups excluding carboxylic acids is 2. The van der Waals surface area contributed by atoms with Gasteiger partial charge in [-0.3, -0.25) is 4.90 Å². The number of allylic oxidation sites excluding steroid dienone is 1. The van der Waals surface area contributed by atoms with Gasteiger partial charge in [-0.25, -0.2) is 14.6 Å². The molecule has 2 heterocycles. The van der Waals surface area contributed by atoms with E-state index in [4.69, 9.17) is 15.2 Å². The van der Waals surface area contributed by atoms with Crippen molar-refractivity contribution in [2.24, 2.45) is 5.73 Å². The zero-order valence-electron chi connectivity index (χ0n) is 21.1. The van der Waals surface area contributed by atoms with Crippen LogP contribution in [0.4, 0.5) is 18.9 Å². The molecule has 4 rings (SSSR count). The Hall–Kier alpha value is -4.76. The van der Waals surface area contributed by atoms with Crippen LogP contribution in [-0.2, 0) is 25.2 Å². The molecule has 204 valence electrons. The standard InChI is InChI=1S/C28H21F3N4O4S/c1-38-26(36)23-22(16-6-4-3-5-7-16)20(14-32)25(33)35(24(23)27(37)39-2)18-9-11-19(12-10-18)40-21-13-8-17(15-34-21)28(29,30)31/h3-13,15,22H,33H2,1-2H3. The number of hydrogen-bond donors (Lipinski definition) is 1. The number of hydrogen-bond acceptors (Lipinski definition) is 9. The van der Waals surface area contributed by atoms with Crippen molar-refractivity contribution in [3.05, 3.63) is 107 Å². The van der Waals surface area contributed by atoms with E-state index in [1.54, 1.807) is 54.6 Å². The molecule has 1 aliphatic rings. The highest BCUT2D eigenvalue weighted by molar-refractivity contribution is 7.99. The monoisotopic (exact) mass is 566 g/mol. The summed E-state index contributed by atoms with van der Waals surface area (Å²) in [4.78, 5) is 32.0. The highest BCUT2D eigenvalue weighted by Crippen LogP contribution is 2.43. The number of nitrogens with zero attached hydrogens (tertiary/aromatic N) is 3. The van der Waals surface area contributed by atoms with E-state index in [9.17, 15) is 28.0 Å². The van der Waals surface area contributed by atoms with Crippen molar-refractivity contribution in [3.8, 4) is 6.07 Å². The highest BCUT2D eigenvalue weighted by atomic mass is 32.2. The van der Waals surface area contributed by atoms with Crippen LogP contribution in [-0.4, -0.2) is 31.1 Å². The number of pyridine rings is 1. The Balaban J connectivity index is 1.79. The van der Waals surface area contributed by atoms with E-state index in [-0.39, 0.29) is 22.7 Å². The summed E-state index contributed by atoms with van der Waals surface area (Å²) in [5.41, 5.74) is 6.16. The summed E-state index contributed by atoms with van der Waals surface area (Å²) in [5, 5.41) is 10.4. The average Bonchev–Trinajstić information content (AvgIpc) is 2.96. The van der Waals surface area contributed by atoms with Gasteiger partial charge >= 0.3 is 18.1 Å². The molecule has 0 saturated carbocycles. The SMILES string of the molecule is COC(=O)C1=C(C(=O)OC)N(c2ccc(Sc3ccc(C(F)(F)F)cn3)cc2)C(N)=C(C#N)C1c1ccccc1. The van der Waals surface area contributed by atoms with Crippen LogP contribution in [0.1, 0.15) is 17.0 Å². The van der Waals surface area contributed by atoms with Crippen molar-refractivity contribution in [2.45, 2.75) is 22.0 Å². The van der Waals surface area contributed by atoms with Crippen molar-refractivity contribution in [1.82, 2.24) is 4.98 Å². The fraction of sp³-hybridized carbons (Fsp3) is 0.143. The molecular weight excluding hydrogens is 545 g/mol. The molecule has 3 aromatic rings. The molecule has 0 radical (unpaired) electrons. The Morgan fingerprint density at radius 1 is 1.00 bits per heavy atom. The number of alkyl halides is 3. The normalized spacial score (nSPS) is 15.5. The van der Waals surface area contributed by atoms with E-state index in [2.05, 4.69) is 11.1 Å². The predicted molar refractivity (Wildman–Crippen MR) is 139 cm³/mol. The first-order valence-corrected chi connectivity index (χ1v) is 12.4. The van der Waals surface area contributed by atoms with Gasteiger partial charge in [-0.2, -0.15) is 18.4 Å². The summed E-state index contributed by atoms with van der Waals surface area (Å²) in [6.07, 6.45) is -3.74. The maximum atomic E-state index is 13.1. The number of methoxy groups -OCH3 is 2. The number of benzene rings is 2. The molecule has 0 spiro atoms. The van der Waals surface area contributed by atoms with Crippen LogP contribution in [0.15, 0.2) is 106 Å². The van der Waals surface area contributed by atoms with E-state index >= 15 is 0 Å². The lowest BCUT2D eigenvalue weighted by atomic mass is 9.81. The summed E-state index contributed by atoms with van der Waals surface area (Å²) in [5.74, 6) is -2.81. The van der Waals surface area contributed by atoms with Gasteiger partial charge in [0.05, 0.1) is 42.9 Å². The fourth-order valence-corrected chi connectivity index (χ4v) is 4.93. The van der Waals surface area contributed by atoms with Gasteiger partial charge in [0.25, 0.3) is 0 Å². The third kappa shape index (κ3) is 5.50. The second-order valence-corrected chi connectivity index (χ2v) is 9.41. The Morgan fingerprint density at radius 2 is 1.65 bits per heavy atom. The molecule has 1 atom stereocenters. The van der Waals surface area contributed by atoms with Crippen LogP contribution >= 0.6 is 11.8 Å². The van der Waals surface area contributed by atoms with E-state index in [0.717, 1.165) is 38.2 Å². The lowest BCUT2D eigenvalue weighted by Crippen LogP contribution is -2.40. The molecule has 0 saturated heterocycles.